The summed E-state index contributed by atoms with van der Waals surface area (Å²) in [6.07, 6.45) is -3.70. The number of alkyl halides is 3. The zero-order valence-corrected chi connectivity index (χ0v) is 10.3. The molecule has 0 saturated carbocycles. The van der Waals surface area contributed by atoms with Gasteiger partial charge in [0.25, 0.3) is 0 Å². The van der Waals surface area contributed by atoms with Gasteiger partial charge in [0.1, 0.15) is 5.82 Å². The number of alkyl carbamates (subject to hydrolysis) is 1. The quantitative estimate of drug-likeness (QED) is 0.867. The number of nitrogens with one attached hydrogen (secondary N) is 2. The van der Waals surface area contributed by atoms with E-state index >= 15 is 0 Å². The molecule has 0 aliphatic heterocycles. The van der Waals surface area contributed by atoms with E-state index in [1.54, 1.807) is 0 Å². The van der Waals surface area contributed by atoms with Gasteiger partial charge in [-0.3, -0.25) is 0 Å². The van der Waals surface area contributed by atoms with Crippen molar-refractivity contribution in [2.45, 2.75) is 38.4 Å². The first-order valence-corrected chi connectivity index (χ1v) is 5.88. The van der Waals surface area contributed by atoms with Crippen LogP contribution in [0.1, 0.15) is 23.6 Å². The first-order valence-electron chi connectivity index (χ1n) is 5.88. The van der Waals surface area contributed by atoms with Crippen LogP contribution in [0.2, 0.25) is 0 Å². The largest absolute Gasteiger partial charge is 0.440 e. The minimum Gasteiger partial charge on any atom is -0.440 e. The van der Waals surface area contributed by atoms with Crippen LogP contribution in [0.3, 0.4) is 0 Å². The van der Waals surface area contributed by atoms with Crippen molar-refractivity contribution in [1.29, 1.82) is 0 Å². The van der Waals surface area contributed by atoms with Crippen LogP contribution >= 0.6 is 0 Å². The molecule has 1 heterocycles. The number of hydrogen-bond donors (Lipinski definition) is 2. The molecule has 0 saturated heterocycles. The monoisotopic (exact) mass is 277 g/mol. The molecular formula is C11H14F3N3O2. The highest BCUT2D eigenvalue weighted by Crippen LogP contribution is 2.19. The van der Waals surface area contributed by atoms with Gasteiger partial charge >= 0.3 is 12.3 Å². The third-order valence-corrected chi connectivity index (χ3v) is 2.85. The molecule has 1 atom stereocenters. The Morgan fingerprint density at radius 2 is 2.32 bits per heavy atom. The fraction of sp³-hybridized carbons (Fsp3) is 0.636. The number of imidazole rings is 1. The van der Waals surface area contributed by atoms with Gasteiger partial charge in [0.15, 0.2) is 6.61 Å². The minimum absolute atomic E-state index is 0.229. The van der Waals surface area contributed by atoms with Crippen LogP contribution in [-0.4, -0.2) is 34.9 Å². The Morgan fingerprint density at radius 1 is 1.58 bits per heavy atom. The Bertz CT molecular complexity index is 470. The van der Waals surface area contributed by atoms with E-state index in [1.807, 2.05) is 6.92 Å². The van der Waals surface area contributed by atoms with Gasteiger partial charge in [-0.05, 0) is 19.8 Å². The van der Waals surface area contributed by atoms with Crippen LogP contribution in [0, 0.1) is 6.92 Å². The maximum atomic E-state index is 11.9. The van der Waals surface area contributed by atoms with Gasteiger partial charge in [0.05, 0.1) is 5.69 Å². The van der Waals surface area contributed by atoms with Crippen molar-refractivity contribution in [3.8, 4) is 0 Å². The van der Waals surface area contributed by atoms with E-state index in [4.69, 9.17) is 0 Å². The number of H-pyrrole nitrogens is 1. The lowest BCUT2D eigenvalue weighted by Gasteiger charge is -2.22. The molecule has 1 aromatic heterocycles. The molecule has 1 aliphatic rings. The molecule has 0 radical (unpaired) electrons. The number of aromatic nitrogens is 2. The lowest BCUT2D eigenvalue weighted by molar-refractivity contribution is -0.160. The van der Waals surface area contributed by atoms with Crippen molar-refractivity contribution in [3.05, 3.63) is 17.2 Å². The van der Waals surface area contributed by atoms with Crippen molar-refractivity contribution < 1.29 is 22.7 Å². The summed E-state index contributed by atoms with van der Waals surface area (Å²) in [6, 6.07) is -0.229. The molecule has 0 bridgehead atoms. The molecule has 2 N–H and O–H groups in total. The topological polar surface area (TPSA) is 67.0 Å². The van der Waals surface area contributed by atoms with E-state index in [9.17, 15) is 18.0 Å². The number of aryl methyl sites for hydroxylation is 2. The zero-order valence-electron chi connectivity index (χ0n) is 10.3. The van der Waals surface area contributed by atoms with E-state index in [0.29, 0.717) is 19.3 Å². The Kier molecular flexibility index (Phi) is 3.68. The first kappa shape index (κ1) is 13.7. The van der Waals surface area contributed by atoms with Gasteiger partial charge in [0, 0.05) is 18.2 Å². The molecule has 8 heteroatoms. The van der Waals surface area contributed by atoms with Crippen LogP contribution in [0.25, 0.3) is 0 Å². The molecule has 1 amide bonds. The van der Waals surface area contributed by atoms with Crippen molar-refractivity contribution in [1.82, 2.24) is 15.3 Å². The summed E-state index contributed by atoms with van der Waals surface area (Å²) in [5.41, 5.74) is 1.88. The number of amides is 1. The van der Waals surface area contributed by atoms with Crippen LogP contribution in [0.4, 0.5) is 18.0 Å². The number of halogens is 3. The third kappa shape index (κ3) is 3.87. The van der Waals surface area contributed by atoms with E-state index in [1.165, 1.54) is 0 Å². The number of rotatable bonds is 2. The summed E-state index contributed by atoms with van der Waals surface area (Å²) in [5, 5.41) is 2.43. The zero-order chi connectivity index (χ0) is 14.0. The summed E-state index contributed by atoms with van der Waals surface area (Å²) >= 11 is 0. The van der Waals surface area contributed by atoms with Crippen LogP contribution in [-0.2, 0) is 17.6 Å². The van der Waals surface area contributed by atoms with E-state index in [0.717, 1.165) is 17.2 Å². The number of carbonyl (C=O) groups is 1. The normalized spacial score (nSPS) is 18.8. The number of aromatic amines is 1. The number of carbonyl (C=O) groups excluding carboxylic acids is 1. The Hall–Kier alpha value is -1.73. The molecule has 1 unspecified atom stereocenters. The predicted molar refractivity (Wildman–Crippen MR) is 59.7 cm³/mol. The van der Waals surface area contributed by atoms with E-state index in [-0.39, 0.29) is 6.04 Å². The second-order valence-electron chi connectivity index (χ2n) is 4.52. The maximum Gasteiger partial charge on any atom is 0.422 e. The van der Waals surface area contributed by atoms with Crippen LogP contribution in [0.5, 0.6) is 0 Å². The molecule has 0 spiro atoms. The van der Waals surface area contributed by atoms with Gasteiger partial charge in [-0.1, -0.05) is 0 Å². The SMILES string of the molecule is Cc1nc2c([nH]1)CC(NC(=O)OCC(F)(F)F)CC2. The molecular weight excluding hydrogens is 263 g/mol. The fourth-order valence-electron chi connectivity index (χ4n) is 2.10. The Morgan fingerprint density at radius 3 is 3.00 bits per heavy atom. The molecule has 2 rings (SSSR count). The smallest absolute Gasteiger partial charge is 0.422 e. The van der Waals surface area contributed by atoms with Crippen LogP contribution < -0.4 is 5.32 Å². The third-order valence-electron chi connectivity index (χ3n) is 2.85. The standard InChI is InChI=1S/C11H14F3N3O2/c1-6-15-8-3-2-7(4-9(8)16-6)17-10(18)19-5-11(12,13)14/h7H,2-5H2,1H3,(H,15,16)(H,17,18). The minimum atomic E-state index is -4.50. The van der Waals surface area contributed by atoms with Crippen molar-refractivity contribution in [2.24, 2.45) is 0 Å². The van der Waals surface area contributed by atoms with Crippen molar-refractivity contribution >= 4 is 6.09 Å². The average Bonchev–Trinajstić information content (AvgIpc) is 2.65. The number of fused-ring (bicyclic) bond motifs is 1. The summed E-state index contributed by atoms with van der Waals surface area (Å²) in [4.78, 5) is 18.6. The maximum absolute atomic E-state index is 11.9. The first-order chi connectivity index (χ1) is 8.83. The number of ether oxygens (including phenoxy) is 1. The predicted octanol–water partition coefficient (Wildman–Crippen LogP) is 1.86. The number of nitrogens with zero attached hydrogens (tertiary/aromatic N) is 1. The summed E-state index contributed by atoms with van der Waals surface area (Å²) < 4.78 is 39.7. The second-order valence-corrected chi connectivity index (χ2v) is 4.52. The van der Waals surface area contributed by atoms with Gasteiger partial charge in [-0.25, -0.2) is 9.78 Å². The highest BCUT2D eigenvalue weighted by Gasteiger charge is 2.30. The Labute approximate surface area is 107 Å². The highest BCUT2D eigenvalue weighted by molar-refractivity contribution is 5.67. The second kappa shape index (κ2) is 5.10. The van der Waals surface area contributed by atoms with E-state index < -0.39 is 18.9 Å². The summed E-state index contributed by atoms with van der Waals surface area (Å²) in [5.74, 6) is 0.797. The van der Waals surface area contributed by atoms with Crippen molar-refractivity contribution in [2.75, 3.05) is 6.61 Å². The van der Waals surface area contributed by atoms with Gasteiger partial charge in [-0.15, -0.1) is 0 Å². The molecule has 5 nitrogen and oxygen atoms in total. The van der Waals surface area contributed by atoms with Crippen LogP contribution in [0.15, 0.2) is 0 Å². The summed E-state index contributed by atoms with van der Waals surface area (Å²) in [6.45, 7) is 0.262. The Balaban J connectivity index is 1.83. The molecule has 1 aromatic rings. The van der Waals surface area contributed by atoms with Gasteiger partial charge in [-0.2, -0.15) is 13.2 Å². The number of hydrogen-bond acceptors (Lipinski definition) is 3. The van der Waals surface area contributed by atoms with E-state index in [2.05, 4.69) is 20.0 Å². The highest BCUT2D eigenvalue weighted by atomic mass is 19.4. The molecule has 0 fully saturated rings. The van der Waals surface area contributed by atoms with Gasteiger partial charge < -0.3 is 15.0 Å². The molecule has 19 heavy (non-hydrogen) atoms. The molecule has 1 aliphatic carbocycles. The summed E-state index contributed by atoms with van der Waals surface area (Å²) in [7, 11) is 0. The molecule has 106 valence electrons. The lowest BCUT2D eigenvalue weighted by atomic mass is 9.96. The molecule has 0 aromatic carbocycles. The van der Waals surface area contributed by atoms with Crippen molar-refractivity contribution in [3.63, 3.8) is 0 Å². The fourth-order valence-corrected chi connectivity index (χ4v) is 2.10. The van der Waals surface area contributed by atoms with Gasteiger partial charge in [0.2, 0.25) is 0 Å². The average molecular weight is 277 g/mol. The lowest BCUT2D eigenvalue weighted by Crippen LogP contribution is -2.40.